The average molecular weight is 248 g/mol. The molecule has 0 aromatic carbocycles. The van der Waals surface area contributed by atoms with Crippen LogP contribution in [0.1, 0.15) is 29.2 Å². The lowest BCUT2D eigenvalue weighted by atomic mass is 10.2. The fourth-order valence-electron chi connectivity index (χ4n) is 1.52. The van der Waals surface area contributed by atoms with Crippen molar-refractivity contribution >= 4 is 17.2 Å². The highest BCUT2D eigenvalue weighted by molar-refractivity contribution is 7.09. The van der Waals surface area contributed by atoms with Crippen molar-refractivity contribution in [2.75, 3.05) is 11.9 Å². The van der Waals surface area contributed by atoms with Crippen LogP contribution in [0.4, 0.5) is 5.82 Å². The first kappa shape index (κ1) is 12.0. The number of hydrogen-bond acceptors (Lipinski definition) is 5. The monoisotopic (exact) mass is 248 g/mol. The fourth-order valence-corrected chi connectivity index (χ4v) is 2.22. The molecular weight excluding hydrogens is 232 g/mol. The van der Waals surface area contributed by atoms with E-state index in [0.717, 1.165) is 28.8 Å². The molecule has 4 nitrogen and oxygen atoms in total. The van der Waals surface area contributed by atoms with Crippen LogP contribution in [-0.4, -0.2) is 21.5 Å². The molecule has 0 fully saturated rings. The molecule has 2 rings (SSSR count). The maximum Gasteiger partial charge on any atom is 0.147 e. The van der Waals surface area contributed by atoms with Crippen molar-refractivity contribution < 1.29 is 0 Å². The fraction of sp³-hybridized carbons (Fsp3) is 0.417. The number of thiazole rings is 1. The number of aryl methyl sites for hydroxylation is 2. The first-order valence-corrected chi connectivity index (χ1v) is 6.48. The van der Waals surface area contributed by atoms with Gasteiger partial charge in [-0.2, -0.15) is 0 Å². The van der Waals surface area contributed by atoms with Gasteiger partial charge < -0.3 is 5.32 Å². The third-order valence-corrected chi connectivity index (χ3v) is 3.53. The van der Waals surface area contributed by atoms with E-state index in [1.165, 1.54) is 0 Å². The molecule has 5 heteroatoms. The molecule has 0 aliphatic rings. The minimum atomic E-state index is 0.386. The van der Waals surface area contributed by atoms with Crippen LogP contribution in [0, 0.1) is 13.8 Å². The summed E-state index contributed by atoms with van der Waals surface area (Å²) in [6.45, 7) is 6.89. The topological polar surface area (TPSA) is 50.7 Å². The van der Waals surface area contributed by atoms with Crippen molar-refractivity contribution in [1.29, 1.82) is 0 Å². The first-order chi connectivity index (χ1) is 8.16. The van der Waals surface area contributed by atoms with Gasteiger partial charge in [0.05, 0.1) is 16.4 Å². The van der Waals surface area contributed by atoms with E-state index in [4.69, 9.17) is 0 Å². The third-order valence-electron chi connectivity index (χ3n) is 2.52. The minimum Gasteiger partial charge on any atom is -0.368 e. The van der Waals surface area contributed by atoms with Crippen LogP contribution in [0.2, 0.25) is 0 Å². The normalized spacial score (nSPS) is 12.4. The molecule has 0 bridgehead atoms. The Hall–Kier alpha value is -1.49. The van der Waals surface area contributed by atoms with Crippen LogP contribution < -0.4 is 5.32 Å². The molecular formula is C12H16N4S. The van der Waals surface area contributed by atoms with E-state index in [1.54, 1.807) is 17.5 Å². The molecule has 0 aliphatic carbocycles. The summed E-state index contributed by atoms with van der Waals surface area (Å²) in [4.78, 5) is 13.0. The second kappa shape index (κ2) is 5.23. The highest BCUT2D eigenvalue weighted by Gasteiger charge is 2.09. The lowest BCUT2D eigenvalue weighted by Crippen LogP contribution is -2.12. The van der Waals surface area contributed by atoms with Gasteiger partial charge in [0.2, 0.25) is 0 Å². The van der Waals surface area contributed by atoms with Gasteiger partial charge in [-0.1, -0.05) is 6.92 Å². The average Bonchev–Trinajstić information content (AvgIpc) is 2.83. The molecule has 1 N–H and O–H groups in total. The Morgan fingerprint density at radius 3 is 2.88 bits per heavy atom. The summed E-state index contributed by atoms with van der Waals surface area (Å²) in [6.07, 6.45) is 3.62. The maximum atomic E-state index is 4.44. The Bertz CT molecular complexity index is 481. The summed E-state index contributed by atoms with van der Waals surface area (Å²) >= 11 is 1.69. The molecule has 90 valence electrons. The van der Waals surface area contributed by atoms with Gasteiger partial charge in [0.25, 0.3) is 0 Å². The zero-order valence-corrected chi connectivity index (χ0v) is 11.1. The lowest BCUT2D eigenvalue weighted by Gasteiger charge is -2.12. The summed E-state index contributed by atoms with van der Waals surface area (Å²) < 4.78 is 0. The number of hydrogen-bond donors (Lipinski definition) is 1. The molecule has 1 atom stereocenters. The molecule has 0 aliphatic heterocycles. The SMILES string of the molecule is Cc1cnc(C)c(NCC(C)c2nccs2)n1. The Morgan fingerprint density at radius 2 is 2.18 bits per heavy atom. The number of aromatic nitrogens is 3. The molecule has 0 radical (unpaired) electrons. The van der Waals surface area contributed by atoms with Gasteiger partial charge in [-0.25, -0.2) is 9.97 Å². The first-order valence-electron chi connectivity index (χ1n) is 5.60. The standard InChI is InChI=1S/C12H16N4S/c1-8(12-13-4-5-17-12)6-15-11-10(3)14-7-9(2)16-11/h4-5,7-8H,6H2,1-3H3,(H,15,16). The Kier molecular flexibility index (Phi) is 3.68. The van der Waals surface area contributed by atoms with Gasteiger partial charge in [0.15, 0.2) is 0 Å². The van der Waals surface area contributed by atoms with E-state index in [1.807, 2.05) is 25.4 Å². The highest BCUT2D eigenvalue weighted by atomic mass is 32.1. The summed E-state index contributed by atoms with van der Waals surface area (Å²) in [5.41, 5.74) is 1.86. The Labute approximate surface area is 105 Å². The van der Waals surface area contributed by atoms with Crippen LogP contribution in [0.25, 0.3) is 0 Å². The predicted octanol–water partition coefficient (Wildman–Crippen LogP) is 2.77. The van der Waals surface area contributed by atoms with Crippen LogP contribution in [0.5, 0.6) is 0 Å². The molecule has 2 aromatic rings. The van der Waals surface area contributed by atoms with E-state index in [-0.39, 0.29) is 0 Å². The molecule has 0 saturated heterocycles. The molecule has 0 spiro atoms. The number of rotatable bonds is 4. The van der Waals surface area contributed by atoms with E-state index >= 15 is 0 Å². The van der Waals surface area contributed by atoms with E-state index in [0.29, 0.717) is 5.92 Å². The van der Waals surface area contributed by atoms with Crippen molar-refractivity contribution in [3.8, 4) is 0 Å². The quantitative estimate of drug-likeness (QED) is 0.904. The third kappa shape index (κ3) is 3.00. The Balaban J connectivity index is 2.00. The van der Waals surface area contributed by atoms with Crippen LogP contribution in [0.15, 0.2) is 17.8 Å². The Morgan fingerprint density at radius 1 is 1.35 bits per heavy atom. The lowest BCUT2D eigenvalue weighted by molar-refractivity contribution is 0.789. The number of nitrogens with zero attached hydrogens (tertiary/aromatic N) is 3. The molecule has 0 saturated carbocycles. The van der Waals surface area contributed by atoms with Crippen molar-refractivity contribution in [3.05, 3.63) is 34.2 Å². The van der Waals surface area contributed by atoms with Gasteiger partial charge in [-0.3, -0.25) is 4.98 Å². The van der Waals surface area contributed by atoms with Gasteiger partial charge in [-0.05, 0) is 13.8 Å². The molecule has 2 aromatic heterocycles. The number of nitrogens with one attached hydrogen (secondary N) is 1. The zero-order valence-electron chi connectivity index (χ0n) is 10.3. The van der Waals surface area contributed by atoms with Crippen molar-refractivity contribution in [3.63, 3.8) is 0 Å². The van der Waals surface area contributed by atoms with E-state index in [2.05, 4.69) is 27.2 Å². The highest BCUT2D eigenvalue weighted by Crippen LogP contribution is 2.18. The van der Waals surface area contributed by atoms with Crippen LogP contribution in [0.3, 0.4) is 0 Å². The summed E-state index contributed by atoms with van der Waals surface area (Å²) in [5, 5.41) is 6.49. The smallest absolute Gasteiger partial charge is 0.147 e. The van der Waals surface area contributed by atoms with Gasteiger partial charge >= 0.3 is 0 Å². The minimum absolute atomic E-state index is 0.386. The summed E-state index contributed by atoms with van der Waals surface area (Å²) in [6, 6.07) is 0. The molecule has 0 amide bonds. The van der Waals surface area contributed by atoms with Gasteiger partial charge in [0, 0.05) is 30.2 Å². The van der Waals surface area contributed by atoms with Gasteiger partial charge in [-0.15, -0.1) is 11.3 Å². The molecule has 1 unspecified atom stereocenters. The number of anilines is 1. The zero-order chi connectivity index (χ0) is 12.3. The maximum absolute atomic E-state index is 4.44. The van der Waals surface area contributed by atoms with E-state index in [9.17, 15) is 0 Å². The molecule has 2 heterocycles. The second-order valence-corrected chi connectivity index (χ2v) is 5.02. The largest absolute Gasteiger partial charge is 0.368 e. The summed E-state index contributed by atoms with van der Waals surface area (Å²) in [7, 11) is 0. The predicted molar refractivity (Wildman–Crippen MR) is 70.5 cm³/mol. The molecule has 17 heavy (non-hydrogen) atoms. The van der Waals surface area contributed by atoms with Crippen molar-refractivity contribution in [1.82, 2.24) is 15.0 Å². The summed E-state index contributed by atoms with van der Waals surface area (Å²) in [5.74, 6) is 1.25. The van der Waals surface area contributed by atoms with Gasteiger partial charge in [0.1, 0.15) is 5.82 Å². The van der Waals surface area contributed by atoms with E-state index < -0.39 is 0 Å². The second-order valence-electron chi connectivity index (χ2n) is 4.10. The van der Waals surface area contributed by atoms with Crippen LogP contribution in [-0.2, 0) is 0 Å². The van der Waals surface area contributed by atoms with Crippen LogP contribution >= 0.6 is 11.3 Å². The van der Waals surface area contributed by atoms with Crippen molar-refractivity contribution in [2.45, 2.75) is 26.7 Å². The van der Waals surface area contributed by atoms with Crippen molar-refractivity contribution in [2.24, 2.45) is 0 Å².